The van der Waals surface area contributed by atoms with Gasteiger partial charge in [-0.25, -0.2) is 0 Å². The number of nitrogens with one attached hydrogen (secondary N) is 2. The number of carboxylic acid groups (broad SMARTS) is 1. The van der Waals surface area contributed by atoms with E-state index in [1.807, 2.05) is 36.4 Å². The van der Waals surface area contributed by atoms with Gasteiger partial charge in [-0.05, 0) is 23.3 Å². The minimum atomic E-state index is -1.64. The van der Waals surface area contributed by atoms with Crippen molar-refractivity contribution in [3.05, 3.63) is 71.8 Å². The number of aromatic hydroxyl groups is 1. The van der Waals surface area contributed by atoms with Gasteiger partial charge in [-0.3, -0.25) is 25.0 Å². The normalized spacial score (nSPS) is 28.5. The van der Waals surface area contributed by atoms with Crippen molar-refractivity contribution in [3.8, 4) is 5.75 Å². The van der Waals surface area contributed by atoms with Crippen molar-refractivity contribution in [1.29, 1.82) is 0 Å². The Kier molecular flexibility index (Phi) is 4.68. The molecule has 4 atom stereocenters. The fraction of sp³-hybridized carbons (Fsp3) is 0.227. The monoisotopic (exact) mass is 392 g/mol. The van der Waals surface area contributed by atoms with Crippen LogP contribution in [0.5, 0.6) is 5.75 Å². The van der Waals surface area contributed by atoms with Gasteiger partial charge >= 0.3 is 5.97 Å². The highest BCUT2D eigenvalue weighted by Crippen LogP contribution is 2.42. The Balaban J connectivity index is 1.72. The average Bonchev–Trinajstić information content (AvgIpc) is 3.20. The van der Waals surface area contributed by atoms with E-state index in [0.29, 0.717) is 5.56 Å². The molecule has 7 nitrogen and oxygen atoms in total. The van der Waals surface area contributed by atoms with Gasteiger partial charge in [0.1, 0.15) is 11.3 Å². The maximum atomic E-state index is 12.6. The summed E-state index contributed by atoms with van der Waals surface area (Å²) in [5.41, 5.74) is -0.0953. The number of phenolic OH excluding ortho intramolecular Hbond substituents is 1. The number of fused-ring (bicyclic) bond motifs is 1. The molecular weight excluding hydrogens is 372 g/mol. The second-order valence-corrected chi connectivity index (χ2v) is 7.42. The number of benzene rings is 2. The highest BCUT2D eigenvalue weighted by Gasteiger charge is 2.65. The molecule has 148 valence electrons. The number of aliphatic carboxylic acids is 1. The molecule has 2 heterocycles. The summed E-state index contributed by atoms with van der Waals surface area (Å²) in [5.74, 6) is -4.02. The van der Waals surface area contributed by atoms with Gasteiger partial charge < -0.3 is 10.2 Å². The van der Waals surface area contributed by atoms with Crippen molar-refractivity contribution in [1.82, 2.24) is 10.6 Å². The lowest BCUT2D eigenvalue weighted by Gasteiger charge is -2.29. The molecule has 2 amide bonds. The van der Waals surface area contributed by atoms with Crippen LogP contribution in [0.25, 0.3) is 6.08 Å². The quantitative estimate of drug-likeness (QED) is 0.571. The maximum absolute atomic E-state index is 12.6. The van der Waals surface area contributed by atoms with Crippen LogP contribution in [0.1, 0.15) is 11.1 Å². The summed E-state index contributed by atoms with van der Waals surface area (Å²) in [6.45, 7) is 0. The zero-order valence-electron chi connectivity index (χ0n) is 15.4. The molecule has 2 aromatic carbocycles. The molecule has 2 aromatic rings. The standard InChI is InChI=1S/C22H20N2O5/c25-15-9-6-14(7-10-15)12-22(21(28)29)18-17(19(26)23-20(18)27)16(24-22)11-8-13-4-2-1-3-5-13/h1-11,16-18,24-25H,12H2,(H,28,29)(H,23,26,27)/b11-8+. The van der Waals surface area contributed by atoms with E-state index >= 15 is 0 Å². The van der Waals surface area contributed by atoms with E-state index in [0.717, 1.165) is 5.56 Å². The molecule has 29 heavy (non-hydrogen) atoms. The minimum Gasteiger partial charge on any atom is -0.508 e. The highest BCUT2D eigenvalue weighted by molar-refractivity contribution is 6.09. The smallest absolute Gasteiger partial charge is 0.325 e. The van der Waals surface area contributed by atoms with Crippen LogP contribution in [0, 0.1) is 11.8 Å². The summed E-state index contributed by atoms with van der Waals surface area (Å²) in [5, 5.41) is 25.0. The van der Waals surface area contributed by atoms with Crippen molar-refractivity contribution in [2.75, 3.05) is 0 Å². The average molecular weight is 392 g/mol. The molecule has 0 aliphatic carbocycles. The Morgan fingerprint density at radius 1 is 1.03 bits per heavy atom. The largest absolute Gasteiger partial charge is 0.508 e. The topological polar surface area (TPSA) is 116 Å². The third-order valence-corrected chi connectivity index (χ3v) is 5.63. The number of imide groups is 1. The summed E-state index contributed by atoms with van der Waals surface area (Å²) in [4.78, 5) is 37.4. The Hall–Kier alpha value is -3.45. The van der Waals surface area contributed by atoms with E-state index in [1.165, 1.54) is 12.1 Å². The van der Waals surface area contributed by atoms with Gasteiger partial charge in [-0.1, -0.05) is 54.6 Å². The number of carboxylic acids is 1. The fourth-order valence-corrected chi connectivity index (χ4v) is 4.29. The van der Waals surface area contributed by atoms with E-state index < -0.39 is 41.2 Å². The lowest BCUT2D eigenvalue weighted by molar-refractivity contribution is -0.149. The molecule has 2 aliphatic rings. The molecule has 0 bridgehead atoms. The Bertz CT molecular complexity index is 986. The first-order valence-electron chi connectivity index (χ1n) is 9.28. The van der Waals surface area contributed by atoms with Gasteiger partial charge in [0.05, 0.1) is 11.8 Å². The van der Waals surface area contributed by atoms with Crippen molar-refractivity contribution >= 4 is 23.9 Å². The first-order chi connectivity index (χ1) is 13.9. The Morgan fingerprint density at radius 3 is 2.38 bits per heavy atom. The van der Waals surface area contributed by atoms with Crippen molar-refractivity contribution in [3.63, 3.8) is 0 Å². The van der Waals surface area contributed by atoms with Crippen molar-refractivity contribution < 1.29 is 24.6 Å². The number of hydrogen-bond acceptors (Lipinski definition) is 5. The zero-order chi connectivity index (χ0) is 20.6. The number of phenols is 1. The summed E-state index contributed by atoms with van der Waals surface area (Å²) in [7, 11) is 0. The highest BCUT2D eigenvalue weighted by atomic mass is 16.4. The molecule has 4 N–H and O–H groups in total. The number of rotatable bonds is 5. The van der Waals surface area contributed by atoms with E-state index in [1.54, 1.807) is 18.2 Å². The van der Waals surface area contributed by atoms with Gasteiger partial charge in [-0.2, -0.15) is 0 Å². The molecule has 0 spiro atoms. The van der Waals surface area contributed by atoms with Crippen LogP contribution >= 0.6 is 0 Å². The number of amides is 2. The van der Waals surface area contributed by atoms with Crippen LogP contribution in [0.3, 0.4) is 0 Å². The summed E-state index contributed by atoms with van der Waals surface area (Å²) < 4.78 is 0. The molecule has 4 rings (SSSR count). The van der Waals surface area contributed by atoms with Gasteiger partial charge in [0, 0.05) is 12.5 Å². The van der Waals surface area contributed by atoms with Gasteiger partial charge in [0.2, 0.25) is 11.8 Å². The van der Waals surface area contributed by atoms with Crippen molar-refractivity contribution in [2.24, 2.45) is 11.8 Å². The van der Waals surface area contributed by atoms with Crippen LogP contribution in [-0.2, 0) is 20.8 Å². The summed E-state index contributed by atoms with van der Waals surface area (Å²) in [6.07, 6.45) is 3.55. The van der Waals surface area contributed by atoms with Crippen LogP contribution in [0.4, 0.5) is 0 Å². The predicted octanol–water partition coefficient (Wildman–Crippen LogP) is 1.33. The fourth-order valence-electron chi connectivity index (χ4n) is 4.29. The molecule has 2 fully saturated rings. The maximum Gasteiger partial charge on any atom is 0.325 e. The molecule has 7 heteroatoms. The van der Waals surface area contributed by atoms with Gasteiger partial charge in [0.15, 0.2) is 0 Å². The van der Waals surface area contributed by atoms with E-state index in [9.17, 15) is 24.6 Å². The molecule has 0 saturated carbocycles. The lowest BCUT2D eigenvalue weighted by atomic mass is 9.76. The number of carbonyl (C=O) groups excluding carboxylic acids is 2. The Morgan fingerprint density at radius 2 is 1.72 bits per heavy atom. The van der Waals surface area contributed by atoms with Crippen LogP contribution in [0.15, 0.2) is 60.7 Å². The van der Waals surface area contributed by atoms with Gasteiger partial charge in [-0.15, -0.1) is 0 Å². The van der Waals surface area contributed by atoms with E-state index in [2.05, 4.69) is 10.6 Å². The summed E-state index contributed by atoms with van der Waals surface area (Å²) >= 11 is 0. The molecule has 2 aliphatic heterocycles. The molecule has 4 unspecified atom stereocenters. The van der Waals surface area contributed by atoms with Gasteiger partial charge in [0.25, 0.3) is 0 Å². The second kappa shape index (κ2) is 7.18. The SMILES string of the molecule is O=C1NC(=O)C2C1C(/C=C/c1ccccc1)NC2(Cc1ccc(O)cc1)C(=O)O. The van der Waals surface area contributed by atoms with Crippen LogP contribution in [-0.4, -0.2) is 39.6 Å². The predicted molar refractivity (Wildman–Crippen MR) is 105 cm³/mol. The zero-order valence-corrected chi connectivity index (χ0v) is 15.4. The molecular formula is C22H20N2O5. The van der Waals surface area contributed by atoms with Crippen LogP contribution < -0.4 is 10.6 Å². The molecule has 0 aromatic heterocycles. The third kappa shape index (κ3) is 3.30. The number of carbonyl (C=O) groups is 3. The van der Waals surface area contributed by atoms with Crippen LogP contribution in [0.2, 0.25) is 0 Å². The second-order valence-electron chi connectivity index (χ2n) is 7.42. The minimum absolute atomic E-state index is 0.000156. The molecule has 0 radical (unpaired) electrons. The third-order valence-electron chi connectivity index (χ3n) is 5.63. The summed E-state index contributed by atoms with van der Waals surface area (Å²) in [6, 6.07) is 15.0. The van der Waals surface area contributed by atoms with Crippen molar-refractivity contribution in [2.45, 2.75) is 18.0 Å². The first-order valence-corrected chi connectivity index (χ1v) is 9.28. The molecule has 2 saturated heterocycles. The van der Waals surface area contributed by atoms with E-state index in [4.69, 9.17) is 0 Å². The first kappa shape index (κ1) is 18.9. The lowest BCUT2D eigenvalue weighted by Crippen LogP contribution is -2.57. The number of hydrogen-bond donors (Lipinski definition) is 4. The van der Waals surface area contributed by atoms with E-state index in [-0.39, 0.29) is 12.2 Å². The Labute approximate surface area is 167 Å².